The van der Waals surface area contributed by atoms with Crippen LogP contribution in [0.5, 0.6) is 0 Å². The topological polar surface area (TPSA) is 110 Å². The van der Waals surface area contributed by atoms with E-state index in [2.05, 4.69) is 55.6 Å². The molecule has 0 saturated carbocycles. The van der Waals surface area contributed by atoms with E-state index in [-0.39, 0.29) is 0 Å². The number of hydrogen-bond acceptors (Lipinski definition) is 5. The summed E-state index contributed by atoms with van der Waals surface area (Å²) in [4.78, 5) is 12.5. The largest absolute Gasteiger partial charge is 0.394 e. The molecule has 4 atom stereocenters. The van der Waals surface area contributed by atoms with Gasteiger partial charge >= 0.3 is 0 Å². The highest BCUT2D eigenvalue weighted by Crippen LogP contribution is 2.16. The van der Waals surface area contributed by atoms with Crippen molar-refractivity contribution in [1.29, 1.82) is 0 Å². The van der Waals surface area contributed by atoms with Gasteiger partial charge < -0.3 is 25.7 Å². The van der Waals surface area contributed by atoms with Crippen molar-refractivity contribution in [3.8, 4) is 0 Å². The first-order valence-electron chi connectivity index (χ1n) is 24.9. The summed E-state index contributed by atoms with van der Waals surface area (Å²) in [6, 6.07) is -1.01. The molecule has 0 heterocycles. The zero-order chi connectivity index (χ0) is 41.7. The van der Waals surface area contributed by atoms with Crippen LogP contribution in [0, 0.1) is 0 Å². The lowest BCUT2D eigenvalue weighted by atomic mass is 10.00. The van der Waals surface area contributed by atoms with Crippen molar-refractivity contribution in [2.24, 2.45) is 0 Å². The molecule has 6 heteroatoms. The Balaban J connectivity index is 3.60. The van der Waals surface area contributed by atoms with Gasteiger partial charge in [-0.05, 0) is 70.6 Å². The maximum Gasteiger partial charge on any atom is 0.249 e. The van der Waals surface area contributed by atoms with Crippen LogP contribution in [0.1, 0.15) is 251 Å². The summed E-state index contributed by atoms with van der Waals surface area (Å²) in [5.74, 6) is -0.598. The average molecular weight is 804 g/mol. The fraction of sp³-hybridized carbons (Fsp3) is 0.863. The molecule has 0 radical (unpaired) electrons. The van der Waals surface area contributed by atoms with E-state index in [0.29, 0.717) is 19.3 Å². The van der Waals surface area contributed by atoms with Crippen LogP contribution in [0.25, 0.3) is 0 Å². The minimum absolute atomic E-state index is 0.361. The number of hydrogen-bond donors (Lipinski definition) is 5. The van der Waals surface area contributed by atoms with Crippen LogP contribution in [0.4, 0.5) is 0 Å². The first-order valence-corrected chi connectivity index (χ1v) is 24.9. The Labute approximate surface area is 354 Å². The number of carbonyl (C=O) groups excluding carboxylic acids is 1. The fourth-order valence-corrected chi connectivity index (χ4v) is 7.58. The second-order valence-corrected chi connectivity index (χ2v) is 17.1. The number of carbonyl (C=O) groups is 1. The molecule has 0 aliphatic carbocycles. The Bertz CT molecular complexity index is 904. The number of aliphatic hydroxyl groups is 4. The summed E-state index contributed by atoms with van der Waals surface area (Å²) in [5, 5.41) is 43.6. The predicted octanol–water partition coefficient (Wildman–Crippen LogP) is 13.7. The maximum atomic E-state index is 12.5. The van der Waals surface area contributed by atoms with E-state index in [1.807, 2.05) is 0 Å². The molecule has 6 nitrogen and oxygen atoms in total. The third-order valence-corrected chi connectivity index (χ3v) is 11.6. The highest BCUT2D eigenvalue weighted by atomic mass is 16.3. The van der Waals surface area contributed by atoms with Gasteiger partial charge in [-0.3, -0.25) is 4.79 Å². The molecule has 4 unspecified atom stereocenters. The monoisotopic (exact) mass is 804 g/mol. The molecule has 336 valence electrons. The summed E-state index contributed by atoms with van der Waals surface area (Å²) in [5.41, 5.74) is 0. The molecule has 5 N–H and O–H groups in total. The predicted molar refractivity (Wildman–Crippen MR) is 247 cm³/mol. The molecule has 0 aromatic carbocycles. The van der Waals surface area contributed by atoms with Gasteiger partial charge in [0.2, 0.25) is 5.91 Å². The number of amides is 1. The summed E-state index contributed by atoms with van der Waals surface area (Å²) in [7, 11) is 0. The lowest BCUT2D eigenvalue weighted by Gasteiger charge is -2.27. The lowest BCUT2D eigenvalue weighted by molar-refractivity contribution is -0.132. The van der Waals surface area contributed by atoms with Crippen LogP contribution in [0.3, 0.4) is 0 Å². The van der Waals surface area contributed by atoms with Crippen molar-refractivity contribution in [3.63, 3.8) is 0 Å². The molecular weight excluding hydrogens is 707 g/mol. The summed E-state index contributed by atoms with van der Waals surface area (Å²) < 4.78 is 0. The number of unbranched alkanes of at least 4 members (excludes halogenated alkanes) is 30. The molecule has 0 aromatic rings. The van der Waals surface area contributed by atoms with Gasteiger partial charge in [-0.1, -0.05) is 217 Å². The van der Waals surface area contributed by atoms with E-state index >= 15 is 0 Å². The van der Waals surface area contributed by atoms with Gasteiger partial charge in [0.15, 0.2) is 0 Å². The SMILES string of the molecule is CCCC/C=C/CC/C=C/CCCC(O)C(O)C(CO)NC(=O)C(O)CCCCCCCCCCCCCCCC/C=C\CCCCCCCCCCCCCC. The highest BCUT2D eigenvalue weighted by molar-refractivity contribution is 5.80. The number of rotatable bonds is 45. The van der Waals surface area contributed by atoms with Crippen molar-refractivity contribution >= 4 is 5.91 Å². The van der Waals surface area contributed by atoms with Crippen LogP contribution in [-0.2, 0) is 4.79 Å². The smallest absolute Gasteiger partial charge is 0.249 e. The molecule has 1 amide bonds. The number of aliphatic hydroxyl groups excluding tert-OH is 4. The minimum atomic E-state index is -1.29. The van der Waals surface area contributed by atoms with Gasteiger partial charge in [-0.25, -0.2) is 0 Å². The van der Waals surface area contributed by atoms with Crippen LogP contribution >= 0.6 is 0 Å². The van der Waals surface area contributed by atoms with E-state index in [4.69, 9.17) is 0 Å². The first kappa shape index (κ1) is 55.5. The van der Waals surface area contributed by atoms with E-state index < -0.39 is 36.9 Å². The maximum absolute atomic E-state index is 12.5. The Morgan fingerprint density at radius 2 is 0.754 bits per heavy atom. The van der Waals surface area contributed by atoms with Gasteiger partial charge in [0.05, 0.1) is 18.8 Å². The van der Waals surface area contributed by atoms with Gasteiger partial charge in [-0.2, -0.15) is 0 Å². The molecule has 0 bridgehead atoms. The third-order valence-electron chi connectivity index (χ3n) is 11.6. The Hall–Kier alpha value is -1.47. The Morgan fingerprint density at radius 3 is 1.16 bits per heavy atom. The fourth-order valence-electron chi connectivity index (χ4n) is 7.58. The molecule has 0 saturated heterocycles. The zero-order valence-electron chi connectivity index (χ0n) is 37.8. The normalized spacial score (nSPS) is 14.3. The van der Waals surface area contributed by atoms with Gasteiger partial charge in [0.1, 0.15) is 12.2 Å². The zero-order valence-corrected chi connectivity index (χ0v) is 37.8. The van der Waals surface area contributed by atoms with Crippen molar-refractivity contribution in [1.82, 2.24) is 5.32 Å². The van der Waals surface area contributed by atoms with Crippen molar-refractivity contribution in [2.45, 2.75) is 276 Å². The van der Waals surface area contributed by atoms with Gasteiger partial charge in [0, 0.05) is 0 Å². The minimum Gasteiger partial charge on any atom is -0.394 e. The lowest BCUT2D eigenvalue weighted by Crippen LogP contribution is -2.53. The number of allylic oxidation sites excluding steroid dienone is 6. The Morgan fingerprint density at radius 1 is 0.421 bits per heavy atom. The van der Waals surface area contributed by atoms with Crippen molar-refractivity contribution in [3.05, 3.63) is 36.5 Å². The van der Waals surface area contributed by atoms with E-state index in [0.717, 1.165) is 44.9 Å². The molecule has 57 heavy (non-hydrogen) atoms. The molecule has 0 spiro atoms. The average Bonchev–Trinajstić information content (AvgIpc) is 3.22. The van der Waals surface area contributed by atoms with Crippen molar-refractivity contribution < 1.29 is 25.2 Å². The molecule has 0 aromatic heterocycles. The molecule has 0 fully saturated rings. The third kappa shape index (κ3) is 39.7. The standard InChI is InChI=1S/C51H97NO5/c1-3-5-7-9-11-13-15-16-17-18-19-20-21-22-23-24-25-26-27-28-29-30-31-32-33-35-37-39-41-43-45-49(55)51(57)52-47(46-53)50(56)48(54)44-42-40-38-36-34-14-12-10-8-6-4-2/h10,12,22-23,36,38,47-50,53-56H,3-9,11,13-21,24-35,37,39-46H2,1-2H3,(H,52,57)/b12-10+,23-22-,38-36+. The van der Waals surface area contributed by atoms with E-state index in [1.54, 1.807) is 0 Å². The number of nitrogens with one attached hydrogen (secondary N) is 1. The summed E-state index contributed by atoms with van der Waals surface area (Å²) in [6.07, 6.45) is 55.0. The van der Waals surface area contributed by atoms with Crippen LogP contribution < -0.4 is 5.32 Å². The highest BCUT2D eigenvalue weighted by Gasteiger charge is 2.28. The van der Waals surface area contributed by atoms with E-state index in [9.17, 15) is 25.2 Å². The summed E-state index contributed by atoms with van der Waals surface area (Å²) in [6.45, 7) is 3.99. The van der Waals surface area contributed by atoms with Crippen molar-refractivity contribution in [2.75, 3.05) is 6.61 Å². The molecular formula is C51H97NO5. The van der Waals surface area contributed by atoms with Gasteiger partial charge in [0.25, 0.3) is 0 Å². The summed E-state index contributed by atoms with van der Waals surface area (Å²) >= 11 is 0. The molecule has 0 rings (SSSR count). The molecule has 0 aliphatic heterocycles. The van der Waals surface area contributed by atoms with E-state index in [1.165, 1.54) is 173 Å². The van der Waals surface area contributed by atoms with Crippen LogP contribution in [0.2, 0.25) is 0 Å². The van der Waals surface area contributed by atoms with Crippen LogP contribution in [-0.4, -0.2) is 57.3 Å². The molecule has 0 aliphatic rings. The Kier molecular flexibility index (Phi) is 44.4. The quantitative estimate of drug-likeness (QED) is 0.0311. The van der Waals surface area contributed by atoms with Crippen LogP contribution in [0.15, 0.2) is 36.5 Å². The van der Waals surface area contributed by atoms with Gasteiger partial charge in [-0.15, -0.1) is 0 Å². The second kappa shape index (κ2) is 45.6. The second-order valence-electron chi connectivity index (χ2n) is 17.1. The first-order chi connectivity index (χ1) is 28.0.